The molecule has 0 aliphatic heterocycles. The molecule has 0 aliphatic rings. The van der Waals surface area contributed by atoms with Crippen molar-refractivity contribution in [3.05, 3.63) is 51.5 Å². The molecule has 96 valence electrons. The molecule has 0 unspecified atom stereocenters. The van der Waals surface area contributed by atoms with Gasteiger partial charge in [-0.05, 0) is 36.5 Å². The maximum Gasteiger partial charge on any atom is 0.287 e. The summed E-state index contributed by atoms with van der Waals surface area (Å²) >= 11 is 5.18. The van der Waals surface area contributed by atoms with Gasteiger partial charge in [0.25, 0.3) is 5.56 Å². The van der Waals surface area contributed by atoms with Crippen LogP contribution in [-0.4, -0.2) is 19.1 Å². The molecule has 0 atom stereocenters. The molecule has 0 radical (unpaired) electrons. The topological polar surface area (TPSA) is 55.6 Å². The number of imidazole rings is 1. The summed E-state index contributed by atoms with van der Waals surface area (Å²) in [7, 11) is 1.77. The molecule has 1 aromatic carbocycles. The monoisotopic (exact) mass is 276 g/mol. The van der Waals surface area contributed by atoms with E-state index in [1.54, 1.807) is 11.6 Å². The zero-order valence-electron chi connectivity index (χ0n) is 9.92. The lowest BCUT2D eigenvalue weighted by molar-refractivity contribution is 0.627. The van der Waals surface area contributed by atoms with Gasteiger partial charge < -0.3 is 9.55 Å². The van der Waals surface area contributed by atoms with Crippen molar-refractivity contribution in [2.75, 3.05) is 0 Å². The summed E-state index contributed by atoms with van der Waals surface area (Å²) in [6.07, 6.45) is 1.53. The van der Waals surface area contributed by atoms with E-state index in [0.717, 1.165) is 0 Å². The highest BCUT2D eigenvalue weighted by atomic mass is 32.1. The molecule has 7 heteroatoms. The van der Waals surface area contributed by atoms with E-state index in [2.05, 4.69) is 9.97 Å². The average Bonchev–Trinajstić information content (AvgIpc) is 2.74. The molecule has 0 bridgehead atoms. The third-order valence-corrected chi connectivity index (χ3v) is 3.14. The largest absolute Gasteiger partial charge is 0.320 e. The predicted octanol–water partition coefficient (Wildman–Crippen LogP) is 1.92. The summed E-state index contributed by atoms with van der Waals surface area (Å²) < 4.78 is 16.1. The van der Waals surface area contributed by atoms with E-state index in [1.807, 2.05) is 0 Å². The molecule has 3 rings (SSSR count). The summed E-state index contributed by atoms with van der Waals surface area (Å²) in [5.74, 6) is -0.370. The molecule has 2 heterocycles. The maximum atomic E-state index is 12.9. The van der Waals surface area contributed by atoms with Crippen LogP contribution in [0.4, 0.5) is 4.39 Å². The number of H-pyrrole nitrogens is 1. The minimum atomic E-state index is -0.370. The zero-order chi connectivity index (χ0) is 13.6. The van der Waals surface area contributed by atoms with Gasteiger partial charge in [0.2, 0.25) is 0 Å². The van der Waals surface area contributed by atoms with Crippen LogP contribution in [0.25, 0.3) is 16.9 Å². The van der Waals surface area contributed by atoms with E-state index < -0.39 is 0 Å². The minimum Gasteiger partial charge on any atom is -0.320 e. The predicted molar refractivity (Wildman–Crippen MR) is 71.5 cm³/mol. The number of hydrogen-bond acceptors (Lipinski definition) is 3. The summed E-state index contributed by atoms with van der Waals surface area (Å²) in [5.41, 5.74) is 1.03. The van der Waals surface area contributed by atoms with E-state index >= 15 is 0 Å². The molecule has 1 N–H and O–H groups in total. The number of nitrogens with zero attached hydrogens (tertiary/aromatic N) is 3. The third kappa shape index (κ3) is 1.78. The highest BCUT2D eigenvalue weighted by Crippen LogP contribution is 2.10. The first-order valence-corrected chi connectivity index (χ1v) is 5.91. The first-order valence-electron chi connectivity index (χ1n) is 5.50. The van der Waals surface area contributed by atoms with Crippen molar-refractivity contribution >= 4 is 23.4 Å². The second-order valence-corrected chi connectivity index (χ2v) is 4.49. The van der Waals surface area contributed by atoms with Crippen LogP contribution in [0.3, 0.4) is 0 Å². The second-order valence-electron chi connectivity index (χ2n) is 4.10. The minimum absolute atomic E-state index is 0.243. The summed E-state index contributed by atoms with van der Waals surface area (Å²) in [5, 5.41) is 0. The Morgan fingerprint density at radius 1 is 1.32 bits per heavy atom. The lowest BCUT2D eigenvalue weighted by atomic mass is 10.3. The molecule has 0 fully saturated rings. The van der Waals surface area contributed by atoms with Crippen LogP contribution in [0.2, 0.25) is 0 Å². The maximum absolute atomic E-state index is 12.9. The van der Waals surface area contributed by atoms with Crippen molar-refractivity contribution in [3.8, 4) is 5.69 Å². The van der Waals surface area contributed by atoms with E-state index in [0.29, 0.717) is 16.9 Å². The molecule has 0 saturated heterocycles. The van der Waals surface area contributed by atoms with Crippen LogP contribution in [0.15, 0.2) is 35.4 Å². The van der Waals surface area contributed by atoms with Crippen LogP contribution in [0.5, 0.6) is 0 Å². The van der Waals surface area contributed by atoms with Crippen molar-refractivity contribution in [2.24, 2.45) is 7.05 Å². The Kier molecular flexibility index (Phi) is 2.56. The fraction of sp³-hybridized carbons (Fsp3) is 0.0833. The lowest BCUT2D eigenvalue weighted by Gasteiger charge is -2.06. The normalized spacial score (nSPS) is 11.1. The van der Waals surface area contributed by atoms with Crippen molar-refractivity contribution in [3.63, 3.8) is 0 Å². The molecule has 5 nitrogen and oxygen atoms in total. The molecule has 19 heavy (non-hydrogen) atoms. The number of hydrogen-bond donors (Lipinski definition) is 1. The molecular formula is C12H9FN4OS. The number of fused-ring (bicyclic) bond motifs is 1. The number of rotatable bonds is 1. The molecule has 0 spiro atoms. The Balaban J connectivity index is 2.39. The van der Waals surface area contributed by atoms with Gasteiger partial charge in [0.1, 0.15) is 11.5 Å². The Morgan fingerprint density at radius 3 is 2.68 bits per heavy atom. The SMILES string of the molecule is Cn1cnc2c(=O)n(-c3ccc(F)cc3)c(=S)[nH]c21. The number of aromatic nitrogens is 4. The summed E-state index contributed by atoms with van der Waals surface area (Å²) in [6.45, 7) is 0. The van der Waals surface area contributed by atoms with Gasteiger partial charge in [-0.2, -0.15) is 0 Å². The van der Waals surface area contributed by atoms with Crippen molar-refractivity contribution in [2.45, 2.75) is 0 Å². The van der Waals surface area contributed by atoms with Crippen molar-refractivity contribution < 1.29 is 4.39 Å². The molecule has 3 aromatic rings. The lowest BCUT2D eigenvalue weighted by Crippen LogP contribution is -2.20. The third-order valence-electron chi connectivity index (χ3n) is 2.86. The van der Waals surface area contributed by atoms with Crippen LogP contribution >= 0.6 is 12.2 Å². The van der Waals surface area contributed by atoms with Gasteiger partial charge in [0.15, 0.2) is 10.3 Å². The molecule has 0 aliphatic carbocycles. The highest BCUT2D eigenvalue weighted by Gasteiger charge is 2.10. The quantitative estimate of drug-likeness (QED) is 0.691. The Bertz CT molecular complexity index is 875. The fourth-order valence-electron chi connectivity index (χ4n) is 1.91. The van der Waals surface area contributed by atoms with Crippen LogP contribution in [0.1, 0.15) is 0 Å². The molecular weight excluding hydrogens is 267 g/mol. The fourth-order valence-corrected chi connectivity index (χ4v) is 2.20. The van der Waals surface area contributed by atoms with Gasteiger partial charge in [-0.1, -0.05) is 0 Å². The number of halogens is 1. The van der Waals surface area contributed by atoms with Gasteiger partial charge in [-0.15, -0.1) is 0 Å². The van der Waals surface area contributed by atoms with Crippen LogP contribution in [-0.2, 0) is 7.05 Å². The molecule has 0 amide bonds. The first kappa shape index (κ1) is 11.8. The summed E-state index contributed by atoms with van der Waals surface area (Å²) in [6, 6.07) is 5.54. The number of nitrogens with one attached hydrogen (secondary N) is 1. The Labute approximate surface area is 112 Å². The highest BCUT2D eigenvalue weighted by molar-refractivity contribution is 7.71. The average molecular weight is 276 g/mol. The van der Waals surface area contributed by atoms with Crippen LogP contribution < -0.4 is 5.56 Å². The zero-order valence-corrected chi connectivity index (χ0v) is 10.7. The Morgan fingerprint density at radius 2 is 2.00 bits per heavy atom. The van der Waals surface area contributed by atoms with Crippen molar-refractivity contribution in [1.29, 1.82) is 0 Å². The van der Waals surface area contributed by atoms with Gasteiger partial charge >= 0.3 is 0 Å². The molecule has 2 aromatic heterocycles. The number of benzene rings is 1. The van der Waals surface area contributed by atoms with E-state index in [9.17, 15) is 9.18 Å². The van der Waals surface area contributed by atoms with Gasteiger partial charge in [-0.25, -0.2) is 9.37 Å². The first-order chi connectivity index (χ1) is 9.08. The number of aromatic amines is 1. The van der Waals surface area contributed by atoms with E-state index in [1.165, 1.54) is 35.2 Å². The standard InChI is InChI=1S/C12H9FN4OS/c1-16-6-14-9-10(16)15-12(19)17(11(9)18)8-4-2-7(13)3-5-8/h2-6H,1H3,(H,15,19). The van der Waals surface area contributed by atoms with Crippen LogP contribution in [0, 0.1) is 10.6 Å². The molecule has 0 saturated carbocycles. The van der Waals surface area contributed by atoms with Crippen molar-refractivity contribution in [1.82, 2.24) is 19.1 Å². The van der Waals surface area contributed by atoms with E-state index in [4.69, 9.17) is 12.2 Å². The van der Waals surface area contributed by atoms with Gasteiger partial charge in [0.05, 0.1) is 12.0 Å². The summed E-state index contributed by atoms with van der Waals surface area (Å²) in [4.78, 5) is 19.3. The Hall–Kier alpha value is -2.28. The van der Waals surface area contributed by atoms with Gasteiger partial charge in [0, 0.05) is 7.05 Å². The number of aryl methyl sites for hydroxylation is 1. The van der Waals surface area contributed by atoms with Gasteiger partial charge in [-0.3, -0.25) is 9.36 Å². The smallest absolute Gasteiger partial charge is 0.287 e. The van der Waals surface area contributed by atoms with E-state index in [-0.39, 0.29) is 16.1 Å². The second kappa shape index (κ2) is 4.13.